The Bertz CT molecular complexity index is 942. The Labute approximate surface area is 169 Å². The molecule has 154 valence electrons. The normalized spacial score (nSPS) is 18.1. The molecule has 11 heteroatoms. The minimum absolute atomic E-state index is 0.00353. The summed E-state index contributed by atoms with van der Waals surface area (Å²) in [4.78, 5) is 14.4. The molecule has 3 heterocycles. The molecule has 2 aromatic rings. The Hall–Kier alpha value is -1.69. The summed E-state index contributed by atoms with van der Waals surface area (Å²) in [7, 11) is -3.58. The van der Waals surface area contributed by atoms with Crippen molar-refractivity contribution in [3.63, 3.8) is 0 Å². The molecule has 0 radical (unpaired) electrons. The summed E-state index contributed by atoms with van der Waals surface area (Å²) in [5.41, 5.74) is 0.536. The zero-order valence-corrected chi connectivity index (χ0v) is 17.9. The fourth-order valence-electron chi connectivity index (χ4n) is 3.08. The number of pyridine rings is 1. The Morgan fingerprint density at radius 2 is 2.07 bits per heavy atom. The lowest BCUT2D eigenvalue weighted by Gasteiger charge is -2.31. The van der Waals surface area contributed by atoms with Crippen molar-refractivity contribution >= 4 is 33.3 Å². The van der Waals surface area contributed by atoms with E-state index in [4.69, 9.17) is 4.74 Å². The molecule has 1 fully saturated rings. The van der Waals surface area contributed by atoms with E-state index in [2.05, 4.69) is 10.2 Å². The second kappa shape index (κ2) is 8.76. The fraction of sp³-hybridized carbons (Fsp3) is 0.588. The number of ether oxygens (including phenoxy) is 1. The minimum atomic E-state index is -3.58. The van der Waals surface area contributed by atoms with Gasteiger partial charge < -0.3 is 9.64 Å². The van der Waals surface area contributed by atoms with Gasteiger partial charge in [-0.3, -0.25) is 9.20 Å². The van der Waals surface area contributed by atoms with Gasteiger partial charge in [0.25, 0.3) is 0 Å². The van der Waals surface area contributed by atoms with Crippen molar-refractivity contribution in [1.82, 2.24) is 23.8 Å². The molecule has 3 rings (SSSR count). The minimum Gasteiger partial charge on any atom is -0.375 e. The van der Waals surface area contributed by atoms with E-state index in [1.807, 2.05) is 6.92 Å². The number of aromatic nitrogens is 3. The average Bonchev–Trinajstić information content (AvgIpc) is 3.09. The van der Waals surface area contributed by atoms with Crippen LogP contribution in [0.15, 0.2) is 28.4 Å². The second-order valence-electron chi connectivity index (χ2n) is 6.47. The predicted octanol–water partition coefficient (Wildman–Crippen LogP) is 1.10. The van der Waals surface area contributed by atoms with Crippen LogP contribution in [0.1, 0.15) is 20.8 Å². The zero-order chi connectivity index (χ0) is 20.3. The number of fused-ring (bicyclic) bond motifs is 1. The van der Waals surface area contributed by atoms with Gasteiger partial charge >= 0.3 is 0 Å². The first-order chi connectivity index (χ1) is 13.4. The van der Waals surface area contributed by atoms with E-state index in [9.17, 15) is 13.2 Å². The second-order valence-corrected chi connectivity index (χ2v) is 9.36. The molecule has 1 amide bonds. The lowest BCUT2D eigenvalue weighted by atomic mass is 10.3. The van der Waals surface area contributed by atoms with E-state index in [1.54, 1.807) is 29.2 Å². The number of carbonyl (C=O) groups is 1. The van der Waals surface area contributed by atoms with Crippen molar-refractivity contribution in [3.05, 3.63) is 18.3 Å². The third kappa shape index (κ3) is 4.32. The van der Waals surface area contributed by atoms with E-state index in [-0.39, 0.29) is 22.7 Å². The van der Waals surface area contributed by atoms with Crippen molar-refractivity contribution in [1.29, 1.82) is 0 Å². The van der Waals surface area contributed by atoms with Crippen molar-refractivity contribution in [2.24, 2.45) is 0 Å². The molecule has 0 aromatic carbocycles. The van der Waals surface area contributed by atoms with Crippen LogP contribution >= 0.6 is 11.8 Å². The van der Waals surface area contributed by atoms with E-state index in [1.165, 1.54) is 28.3 Å². The number of sulfonamides is 1. The smallest absolute Gasteiger partial charge is 0.244 e. The number of hydrogen-bond donors (Lipinski definition) is 0. The third-order valence-electron chi connectivity index (χ3n) is 4.61. The Morgan fingerprint density at radius 3 is 2.75 bits per heavy atom. The number of amides is 1. The van der Waals surface area contributed by atoms with E-state index >= 15 is 0 Å². The highest BCUT2D eigenvalue weighted by Gasteiger charge is 2.24. The lowest BCUT2D eigenvalue weighted by Crippen LogP contribution is -2.45. The first-order valence-electron chi connectivity index (χ1n) is 9.24. The van der Waals surface area contributed by atoms with Crippen LogP contribution in [0.4, 0.5) is 0 Å². The van der Waals surface area contributed by atoms with Gasteiger partial charge in [0.2, 0.25) is 15.9 Å². The largest absolute Gasteiger partial charge is 0.375 e. The lowest BCUT2D eigenvalue weighted by molar-refractivity contribution is -0.135. The SMILES string of the molecule is CCN(CC)S(=O)(=O)c1ccc2nnc(SCC(=O)N3CCOC(C)C3)n2c1. The number of nitrogens with zero attached hydrogens (tertiary/aromatic N) is 5. The number of thioether (sulfide) groups is 1. The van der Waals surface area contributed by atoms with Crippen LogP contribution in [0.5, 0.6) is 0 Å². The fourth-order valence-corrected chi connectivity index (χ4v) is 5.35. The Morgan fingerprint density at radius 1 is 1.32 bits per heavy atom. The molecule has 1 atom stereocenters. The molecule has 2 aromatic heterocycles. The van der Waals surface area contributed by atoms with Crippen molar-refractivity contribution < 1.29 is 17.9 Å². The molecule has 1 saturated heterocycles. The first-order valence-corrected chi connectivity index (χ1v) is 11.7. The summed E-state index contributed by atoms with van der Waals surface area (Å²) >= 11 is 1.25. The average molecular weight is 428 g/mol. The summed E-state index contributed by atoms with van der Waals surface area (Å²) in [6, 6.07) is 3.16. The van der Waals surface area contributed by atoms with Crippen LogP contribution in [0.2, 0.25) is 0 Å². The van der Waals surface area contributed by atoms with Gasteiger partial charge in [-0.2, -0.15) is 4.31 Å². The first kappa shape index (κ1) is 21.0. The number of carbonyl (C=O) groups excluding carboxylic acids is 1. The molecule has 9 nitrogen and oxygen atoms in total. The van der Waals surface area contributed by atoms with Gasteiger partial charge in [-0.25, -0.2) is 8.42 Å². The molecule has 1 aliphatic heterocycles. The van der Waals surface area contributed by atoms with E-state index in [0.29, 0.717) is 43.6 Å². The van der Waals surface area contributed by atoms with Crippen LogP contribution in [0, 0.1) is 0 Å². The number of rotatable bonds is 7. The molecule has 0 bridgehead atoms. The molecule has 1 aliphatic rings. The quantitative estimate of drug-likeness (QED) is 0.610. The summed E-state index contributed by atoms with van der Waals surface area (Å²) in [6.45, 7) is 8.03. The van der Waals surface area contributed by atoms with Gasteiger partial charge in [0, 0.05) is 32.4 Å². The highest BCUT2D eigenvalue weighted by Crippen LogP contribution is 2.22. The zero-order valence-electron chi connectivity index (χ0n) is 16.2. The van der Waals surface area contributed by atoms with Crippen LogP contribution in [-0.4, -0.2) is 82.8 Å². The van der Waals surface area contributed by atoms with Gasteiger partial charge in [0.05, 0.1) is 23.4 Å². The summed E-state index contributed by atoms with van der Waals surface area (Å²) in [5, 5.41) is 8.66. The van der Waals surface area contributed by atoms with Gasteiger partial charge in [0.15, 0.2) is 10.8 Å². The van der Waals surface area contributed by atoms with Gasteiger partial charge in [-0.1, -0.05) is 25.6 Å². The summed E-state index contributed by atoms with van der Waals surface area (Å²) in [5.74, 6) is 0.212. The maximum Gasteiger partial charge on any atom is 0.244 e. The van der Waals surface area contributed by atoms with Gasteiger partial charge in [0.1, 0.15) is 0 Å². The molecule has 28 heavy (non-hydrogen) atoms. The molecule has 1 unspecified atom stereocenters. The van der Waals surface area contributed by atoms with Crippen molar-refractivity contribution in [2.75, 3.05) is 38.5 Å². The number of hydrogen-bond acceptors (Lipinski definition) is 7. The third-order valence-corrected chi connectivity index (χ3v) is 7.57. The van der Waals surface area contributed by atoms with E-state index < -0.39 is 10.0 Å². The maximum absolute atomic E-state index is 12.8. The van der Waals surface area contributed by atoms with Gasteiger partial charge in [-0.05, 0) is 19.1 Å². The molecular weight excluding hydrogens is 402 g/mol. The van der Waals surface area contributed by atoms with Gasteiger partial charge in [-0.15, -0.1) is 10.2 Å². The molecule has 0 spiro atoms. The van der Waals surface area contributed by atoms with Crippen molar-refractivity contribution in [2.45, 2.75) is 36.9 Å². The highest BCUT2D eigenvalue weighted by atomic mass is 32.2. The Kier molecular flexibility index (Phi) is 6.58. The predicted molar refractivity (Wildman–Crippen MR) is 106 cm³/mol. The monoisotopic (exact) mass is 427 g/mol. The van der Waals surface area contributed by atoms with Crippen molar-refractivity contribution in [3.8, 4) is 0 Å². The van der Waals surface area contributed by atoms with Crippen LogP contribution in [0.3, 0.4) is 0 Å². The van der Waals surface area contributed by atoms with Crippen LogP contribution in [0.25, 0.3) is 5.65 Å². The topological polar surface area (TPSA) is 97.1 Å². The summed E-state index contributed by atoms with van der Waals surface area (Å²) in [6.07, 6.45) is 1.55. The summed E-state index contributed by atoms with van der Waals surface area (Å²) < 4.78 is 34.0. The molecular formula is C17H25N5O4S2. The molecule has 0 N–H and O–H groups in total. The van der Waals surface area contributed by atoms with Crippen LogP contribution < -0.4 is 0 Å². The van der Waals surface area contributed by atoms with E-state index in [0.717, 1.165) is 0 Å². The maximum atomic E-state index is 12.8. The van der Waals surface area contributed by atoms with Crippen LogP contribution in [-0.2, 0) is 19.6 Å². The molecule has 0 saturated carbocycles. The Balaban J connectivity index is 1.78. The molecule has 0 aliphatic carbocycles. The highest BCUT2D eigenvalue weighted by molar-refractivity contribution is 7.99. The number of morpholine rings is 1. The standard InChI is InChI=1S/C17H25N5O4S2/c1-4-21(5-2)28(24,25)14-6-7-15-18-19-17(22(15)11-14)27-12-16(23)20-8-9-26-13(3)10-20/h6-7,11,13H,4-5,8-10,12H2,1-3H3.